The maximum absolute atomic E-state index is 12.5. The van der Waals surface area contributed by atoms with E-state index < -0.39 is 6.36 Å². The standard InChI is InChI=1S/C19H16F3NO3/c1-24-11-13-4-2-5-14(10-13)12-25-16-8-9-23-18-15(16)6-3-7-17(18)26-19(20,21)22/h2-10H,11-12H2,1H3. The monoisotopic (exact) mass is 363 g/mol. The SMILES string of the molecule is COCc1cccc(COc2ccnc3c(OC(F)(F)F)cccc23)c1. The summed E-state index contributed by atoms with van der Waals surface area (Å²) in [5.74, 6) is 0.0716. The molecule has 0 unspecified atom stereocenters. The number of rotatable bonds is 6. The second-order valence-electron chi connectivity index (χ2n) is 5.55. The van der Waals surface area contributed by atoms with E-state index in [1.54, 1.807) is 19.2 Å². The zero-order valence-corrected chi connectivity index (χ0v) is 13.9. The number of halogens is 3. The van der Waals surface area contributed by atoms with Crippen molar-refractivity contribution in [2.24, 2.45) is 0 Å². The van der Waals surface area contributed by atoms with Crippen molar-refractivity contribution in [1.82, 2.24) is 4.98 Å². The Morgan fingerprint density at radius 3 is 2.38 bits per heavy atom. The number of para-hydroxylation sites is 1. The summed E-state index contributed by atoms with van der Waals surface area (Å²) >= 11 is 0. The van der Waals surface area contributed by atoms with Gasteiger partial charge in [-0.3, -0.25) is 4.98 Å². The number of methoxy groups -OCH3 is 1. The second kappa shape index (κ2) is 7.61. The molecular formula is C19H16F3NO3. The molecule has 1 heterocycles. The quantitative estimate of drug-likeness (QED) is 0.627. The first-order valence-electron chi connectivity index (χ1n) is 7.79. The summed E-state index contributed by atoms with van der Waals surface area (Å²) in [6.07, 6.45) is -3.39. The average molecular weight is 363 g/mol. The molecule has 1 aromatic heterocycles. The Bertz CT molecular complexity index is 897. The first-order valence-corrected chi connectivity index (χ1v) is 7.79. The van der Waals surface area contributed by atoms with Crippen LogP contribution in [0, 0.1) is 0 Å². The molecule has 136 valence electrons. The maximum Gasteiger partial charge on any atom is 0.573 e. The number of hydrogen-bond acceptors (Lipinski definition) is 4. The van der Waals surface area contributed by atoms with Crippen molar-refractivity contribution in [3.63, 3.8) is 0 Å². The molecule has 0 aliphatic rings. The van der Waals surface area contributed by atoms with Gasteiger partial charge in [0, 0.05) is 18.7 Å². The van der Waals surface area contributed by atoms with Crippen molar-refractivity contribution in [3.05, 3.63) is 65.9 Å². The van der Waals surface area contributed by atoms with Crippen molar-refractivity contribution < 1.29 is 27.4 Å². The number of aromatic nitrogens is 1. The van der Waals surface area contributed by atoms with Gasteiger partial charge in [-0.05, 0) is 29.3 Å². The normalized spacial score (nSPS) is 11.5. The van der Waals surface area contributed by atoms with Crippen LogP contribution in [-0.4, -0.2) is 18.5 Å². The minimum atomic E-state index is -4.78. The Balaban J connectivity index is 1.84. The van der Waals surface area contributed by atoms with Crippen molar-refractivity contribution >= 4 is 10.9 Å². The van der Waals surface area contributed by atoms with E-state index in [2.05, 4.69) is 9.72 Å². The number of benzene rings is 2. The molecule has 3 rings (SSSR count). The molecule has 4 nitrogen and oxygen atoms in total. The summed E-state index contributed by atoms with van der Waals surface area (Å²) in [6, 6.07) is 13.6. The van der Waals surface area contributed by atoms with Crippen LogP contribution < -0.4 is 9.47 Å². The molecule has 2 aromatic carbocycles. The Morgan fingerprint density at radius 1 is 0.923 bits per heavy atom. The lowest BCUT2D eigenvalue weighted by Gasteiger charge is -2.13. The van der Waals surface area contributed by atoms with E-state index in [0.717, 1.165) is 11.1 Å². The largest absolute Gasteiger partial charge is 0.573 e. The second-order valence-corrected chi connectivity index (χ2v) is 5.55. The van der Waals surface area contributed by atoms with Crippen LogP contribution in [0.3, 0.4) is 0 Å². The fourth-order valence-electron chi connectivity index (χ4n) is 2.59. The van der Waals surface area contributed by atoms with Crippen LogP contribution in [0.25, 0.3) is 10.9 Å². The molecule has 0 atom stereocenters. The Kier molecular flexibility index (Phi) is 5.27. The fourth-order valence-corrected chi connectivity index (χ4v) is 2.59. The highest BCUT2D eigenvalue weighted by atomic mass is 19.4. The first kappa shape index (κ1) is 18.0. The van der Waals surface area contributed by atoms with Gasteiger partial charge in [0.2, 0.25) is 0 Å². The predicted octanol–water partition coefficient (Wildman–Crippen LogP) is 4.86. The molecule has 0 fully saturated rings. The van der Waals surface area contributed by atoms with Gasteiger partial charge in [-0.15, -0.1) is 13.2 Å². The Labute approximate surface area is 148 Å². The molecule has 0 amide bonds. The molecule has 0 saturated heterocycles. The molecule has 0 saturated carbocycles. The molecule has 0 radical (unpaired) electrons. The smallest absolute Gasteiger partial charge is 0.488 e. The van der Waals surface area contributed by atoms with Gasteiger partial charge >= 0.3 is 6.36 Å². The van der Waals surface area contributed by atoms with Crippen LogP contribution >= 0.6 is 0 Å². The van der Waals surface area contributed by atoms with E-state index >= 15 is 0 Å². The van der Waals surface area contributed by atoms with Gasteiger partial charge < -0.3 is 14.2 Å². The molecule has 0 N–H and O–H groups in total. The Morgan fingerprint density at radius 2 is 1.65 bits per heavy atom. The van der Waals surface area contributed by atoms with Gasteiger partial charge in [0.1, 0.15) is 17.9 Å². The van der Waals surface area contributed by atoms with Crippen LogP contribution in [0.2, 0.25) is 0 Å². The van der Waals surface area contributed by atoms with E-state index in [1.807, 2.05) is 24.3 Å². The summed E-state index contributed by atoms with van der Waals surface area (Å²) in [7, 11) is 1.62. The molecular weight excluding hydrogens is 347 g/mol. The highest BCUT2D eigenvalue weighted by Crippen LogP contribution is 2.33. The van der Waals surface area contributed by atoms with Gasteiger partial charge in [0.15, 0.2) is 5.75 Å². The molecule has 26 heavy (non-hydrogen) atoms. The molecule has 3 aromatic rings. The minimum absolute atomic E-state index is 0.0930. The Hall–Kier alpha value is -2.80. The highest BCUT2D eigenvalue weighted by Gasteiger charge is 2.32. The lowest BCUT2D eigenvalue weighted by molar-refractivity contribution is -0.274. The zero-order valence-electron chi connectivity index (χ0n) is 13.9. The van der Waals surface area contributed by atoms with Crippen LogP contribution in [0.4, 0.5) is 13.2 Å². The first-order chi connectivity index (χ1) is 12.5. The van der Waals surface area contributed by atoms with Gasteiger partial charge in [-0.2, -0.15) is 0 Å². The number of hydrogen-bond donors (Lipinski definition) is 0. The van der Waals surface area contributed by atoms with Gasteiger partial charge in [-0.25, -0.2) is 0 Å². The predicted molar refractivity (Wildman–Crippen MR) is 89.9 cm³/mol. The zero-order chi connectivity index (χ0) is 18.6. The van der Waals surface area contributed by atoms with Crippen molar-refractivity contribution in [2.45, 2.75) is 19.6 Å². The summed E-state index contributed by atoms with van der Waals surface area (Å²) < 4.78 is 52.6. The summed E-state index contributed by atoms with van der Waals surface area (Å²) in [5.41, 5.74) is 2.02. The van der Waals surface area contributed by atoms with Gasteiger partial charge in [-0.1, -0.05) is 30.3 Å². The van der Waals surface area contributed by atoms with Crippen LogP contribution in [0.5, 0.6) is 11.5 Å². The molecule has 0 aliphatic heterocycles. The van der Waals surface area contributed by atoms with Gasteiger partial charge in [0.05, 0.1) is 6.61 Å². The summed E-state index contributed by atoms with van der Waals surface area (Å²) in [5, 5.41) is 0.447. The topological polar surface area (TPSA) is 40.6 Å². The average Bonchev–Trinajstić information content (AvgIpc) is 2.60. The molecule has 0 aliphatic carbocycles. The maximum atomic E-state index is 12.5. The molecule has 0 spiro atoms. The lowest BCUT2D eigenvalue weighted by atomic mass is 10.1. The third-order valence-corrected chi connectivity index (χ3v) is 3.62. The van der Waals surface area contributed by atoms with Crippen molar-refractivity contribution in [3.8, 4) is 11.5 Å². The summed E-state index contributed by atoms with van der Waals surface area (Å²) in [4.78, 5) is 4.00. The van der Waals surface area contributed by atoms with E-state index in [4.69, 9.17) is 9.47 Å². The van der Waals surface area contributed by atoms with Crippen molar-refractivity contribution in [1.29, 1.82) is 0 Å². The molecule has 7 heteroatoms. The number of pyridine rings is 1. The van der Waals surface area contributed by atoms with Crippen molar-refractivity contribution in [2.75, 3.05) is 7.11 Å². The third-order valence-electron chi connectivity index (χ3n) is 3.62. The van der Waals surface area contributed by atoms with E-state index in [1.165, 1.54) is 18.3 Å². The lowest BCUT2D eigenvalue weighted by Crippen LogP contribution is -2.17. The number of nitrogens with zero attached hydrogens (tertiary/aromatic N) is 1. The summed E-state index contributed by atoms with van der Waals surface area (Å²) in [6.45, 7) is 0.755. The van der Waals surface area contributed by atoms with E-state index in [9.17, 15) is 13.2 Å². The third kappa shape index (κ3) is 4.43. The fraction of sp³-hybridized carbons (Fsp3) is 0.211. The minimum Gasteiger partial charge on any atom is -0.488 e. The van der Waals surface area contributed by atoms with E-state index in [0.29, 0.717) is 17.7 Å². The van der Waals surface area contributed by atoms with E-state index in [-0.39, 0.29) is 17.9 Å². The number of ether oxygens (including phenoxy) is 3. The highest BCUT2D eigenvalue weighted by molar-refractivity contribution is 5.89. The van der Waals surface area contributed by atoms with Crippen LogP contribution in [0.15, 0.2) is 54.7 Å². The number of fused-ring (bicyclic) bond motifs is 1. The number of alkyl halides is 3. The van der Waals surface area contributed by atoms with Gasteiger partial charge in [0.25, 0.3) is 0 Å². The van der Waals surface area contributed by atoms with Crippen LogP contribution in [0.1, 0.15) is 11.1 Å². The van der Waals surface area contributed by atoms with Crippen LogP contribution in [-0.2, 0) is 18.0 Å². The molecule has 0 bridgehead atoms.